The van der Waals surface area contributed by atoms with Gasteiger partial charge in [0.15, 0.2) is 0 Å². The highest BCUT2D eigenvalue weighted by Gasteiger charge is 2.21. The number of benzene rings is 2. The SMILES string of the molecule is Cc1ccccc1C(=O)NCCN1CCO[C@H](c2ccccc2)C1. The van der Waals surface area contributed by atoms with Gasteiger partial charge in [-0.15, -0.1) is 0 Å². The van der Waals surface area contributed by atoms with Crippen molar-refractivity contribution in [3.63, 3.8) is 0 Å². The van der Waals surface area contributed by atoms with E-state index in [0.29, 0.717) is 6.54 Å². The molecule has 1 amide bonds. The van der Waals surface area contributed by atoms with Gasteiger partial charge in [-0.1, -0.05) is 48.5 Å². The zero-order chi connectivity index (χ0) is 16.8. The average molecular weight is 324 g/mol. The van der Waals surface area contributed by atoms with Gasteiger partial charge < -0.3 is 10.1 Å². The number of carbonyl (C=O) groups is 1. The molecule has 1 N–H and O–H groups in total. The molecule has 126 valence electrons. The van der Waals surface area contributed by atoms with E-state index in [-0.39, 0.29) is 12.0 Å². The number of nitrogens with one attached hydrogen (secondary N) is 1. The van der Waals surface area contributed by atoms with Crippen LogP contribution in [0.15, 0.2) is 54.6 Å². The first-order valence-corrected chi connectivity index (χ1v) is 8.47. The molecule has 1 aliphatic heterocycles. The third-order valence-corrected chi connectivity index (χ3v) is 4.43. The van der Waals surface area contributed by atoms with Crippen molar-refractivity contribution in [3.05, 3.63) is 71.3 Å². The number of amides is 1. The minimum atomic E-state index is 0.000897. The monoisotopic (exact) mass is 324 g/mol. The zero-order valence-electron chi connectivity index (χ0n) is 14.1. The lowest BCUT2D eigenvalue weighted by molar-refractivity contribution is -0.0293. The lowest BCUT2D eigenvalue weighted by Gasteiger charge is -2.33. The molecule has 4 nitrogen and oxygen atoms in total. The van der Waals surface area contributed by atoms with E-state index < -0.39 is 0 Å². The fourth-order valence-corrected chi connectivity index (χ4v) is 3.03. The van der Waals surface area contributed by atoms with Crippen LogP contribution in [0.1, 0.15) is 27.6 Å². The first-order valence-electron chi connectivity index (χ1n) is 8.47. The van der Waals surface area contributed by atoms with Gasteiger partial charge >= 0.3 is 0 Å². The summed E-state index contributed by atoms with van der Waals surface area (Å²) in [6.07, 6.45) is 0.118. The van der Waals surface area contributed by atoms with Crippen LogP contribution >= 0.6 is 0 Å². The molecule has 1 saturated heterocycles. The van der Waals surface area contributed by atoms with Gasteiger partial charge in [0, 0.05) is 31.7 Å². The molecular weight excluding hydrogens is 300 g/mol. The molecule has 4 heteroatoms. The number of hydrogen-bond donors (Lipinski definition) is 1. The lowest BCUT2D eigenvalue weighted by atomic mass is 10.1. The smallest absolute Gasteiger partial charge is 0.251 e. The van der Waals surface area contributed by atoms with Crippen molar-refractivity contribution in [2.75, 3.05) is 32.8 Å². The Balaban J connectivity index is 1.48. The molecule has 0 aliphatic carbocycles. The number of morpholine rings is 1. The maximum atomic E-state index is 12.2. The van der Waals surface area contributed by atoms with Gasteiger partial charge in [-0.2, -0.15) is 0 Å². The number of rotatable bonds is 5. The van der Waals surface area contributed by atoms with Crippen molar-refractivity contribution in [2.24, 2.45) is 0 Å². The van der Waals surface area contributed by atoms with E-state index in [9.17, 15) is 4.79 Å². The van der Waals surface area contributed by atoms with Crippen molar-refractivity contribution in [2.45, 2.75) is 13.0 Å². The molecule has 0 unspecified atom stereocenters. The minimum Gasteiger partial charge on any atom is -0.371 e. The van der Waals surface area contributed by atoms with Crippen molar-refractivity contribution in [1.29, 1.82) is 0 Å². The van der Waals surface area contributed by atoms with Crippen molar-refractivity contribution in [3.8, 4) is 0 Å². The summed E-state index contributed by atoms with van der Waals surface area (Å²) < 4.78 is 5.88. The maximum absolute atomic E-state index is 12.2. The van der Waals surface area contributed by atoms with Gasteiger partial charge in [-0.25, -0.2) is 0 Å². The van der Waals surface area contributed by atoms with Gasteiger partial charge in [-0.05, 0) is 24.1 Å². The number of nitrogens with zero attached hydrogens (tertiary/aromatic N) is 1. The second-order valence-electron chi connectivity index (χ2n) is 6.14. The Bertz CT molecular complexity index is 672. The van der Waals surface area contributed by atoms with Gasteiger partial charge in [0.05, 0.1) is 12.7 Å². The predicted molar refractivity (Wildman–Crippen MR) is 95.1 cm³/mol. The molecule has 0 aromatic heterocycles. The van der Waals surface area contributed by atoms with Gasteiger partial charge in [0.25, 0.3) is 5.91 Å². The summed E-state index contributed by atoms with van der Waals surface area (Å²) in [5.74, 6) is 0.000897. The Morgan fingerprint density at radius 3 is 2.71 bits per heavy atom. The Hall–Kier alpha value is -2.17. The molecular formula is C20H24N2O2. The molecule has 0 spiro atoms. The third-order valence-electron chi connectivity index (χ3n) is 4.43. The number of hydrogen-bond acceptors (Lipinski definition) is 3. The molecule has 2 aromatic rings. The van der Waals surface area contributed by atoms with Gasteiger partial charge in [0.1, 0.15) is 0 Å². The second-order valence-corrected chi connectivity index (χ2v) is 6.14. The van der Waals surface area contributed by atoms with Crippen LogP contribution < -0.4 is 5.32 Å². The summed E-state index contributed by atoms with van der Waals surface area (Å²) in [6.45, 7) is 5.94. The predicted octanol–water partition coefficient (Wildman–Crippen LogP) is 2.80. The quantitative estimate of drug-likeness (QED) is 0.919. The Labute approximate surface area is 143 Å². The van der Waals surface area contributed by atoms with E-state index in [1.54, 1.807) is 0 Å². The topological polar surface area (TPSA) is 41.6 Å². The standard InChI is InChI=1S/C20H24N2O2/c1-16-7-5-6-10-18(16)20(23)21-11-12-22-13-14-24-19(15-22)17-8-3-2-4-9-17/h2-10,19H,11-15H2,1H3,(H,21,23)/t19-/m0/s1. The molecule has 3 rings (SSSR count). The molecule has 0 bridgehead atoms. The van der Waals surface area contributed by atoms with E-state index in [2.05, 4.69) is 22.3 Å². The van der Waals surface area contributed by atoms with Crippen molar-refractivity contribution < 1.29 is 9.53 Å². The van der Waals surface area contributed by atoms with Crippen molar-refractivity contribution >= 4 is 5.91 Å². The zero-order valence-corrected chi connectivity index (χ0v) is 14.1. The van der Waals surface area contributed by atoms with Gasteiger partial charge in [-0.3, -0.25) is 9.69 Å². The molecule has 1 fully saturated rings. The highest BCUT2D eigenvalue weighted by Crippen LogP contribution is 2.21. The van der Waals surface area contributed by atoms with E-state index in [1.165, 1.54) is 5.56 Å². The summed E-state index contributed by atoms with van der Waals surface area (Å²) in [7, 11) is 0. The number of aryl methyl sites for hydroxylation is 1. The van der Waals surface area contributed by atoms with Crippen LogP contribution in [0.5, 0.6) is 0 Å². The molecule has 24 heavy (non-hydrogen) atoms. The van der Waals surface area contributed by atoms with Crippen LogP contribution in [0.25, 0.3) is 0 Å². The highest BCUT2D eigenvalue weighted by molar-refractivity contribution is 5.95. The lowest BCUT2D eigenvalue weighted by Crippen LogP contribution is -2.42. The van der Waals surface area contributed by atoms with Crippen LogP contribution in [-0.4, -0.2) is 43.6 Å². The van der Waals surface area contributed by atoms with Crippen LogP contribution in [0.4, 0.5) is 0 Å². The summed E-state index contributed by atoms with van der Waals surface area (Å²) in [5, 5.41) is 3.02. The van der Waals surface area contributed by atoms with Crippen molar-refractivity contribution in [1.82, 2.24) is 10.2 Å². The molecule has 1 aliphatic rings. The minimum absolute atomic E-state index is 0.000897. The highest BCUT2D eigenvalue weighted by atomic mass is 16.5. The molecule has 1 heterocycles. The fraction of sp³-hybridized carbons (Fsp3) is 0.350. The normalized spacial score (nSPS) is 18.3. The van der Waals surface area contributed by atoms with E-state index in [1.807, 2.05) is 49.4 Å². The first-order chi connectivity index (χ1) is 11.7. The fourth-order valence-electron chi connectivity index (χ4n) is 3.03. The Morgan fingerprint density at radius 2 is 1.92 bits per heavy atom. The number of ether oxygens (including phenoxy) is 1. The van der Waals surface area contributed by atoms with Crippen LogP contribution in [0.3, 0.4) is 0 Å². The largest absolute Gasteiger partial charge is 0.371 e. The summed E-state index contributed by atoms with van der Waals surface area (Å²) in [4.78, 5) is 14.6. The summed E-state index contributed by atoms with van der Waals surface area (Å²) in [6, 6.07) is 18.0. The number of carbonyl (C=O) groups excluding carboxylic acids is 1. The summed E-state index contributed by atoms with van der Waals surface area (Å²) >= 11 is 0. The Kier molecular flexibility index (Phi) is 5.62. The van der Waals surface area contributed by atoms with Gasteiger partial charge in [0.2, 0.25) is 0 Å². The molecule has 2 aromatic carbocycles. The third kappa shape index (κ3) is 4.22. The Morgan fingerprint density at radius 1 is 1.17 bits per heavy atom. The van der Waals surface area contributed by atoms with E-state index in [0.717, 1.165) is 37.4 Å². The second kappa shape index (κ2) is 8.08. The van der Waals surface area contributed by atoms with Crippen LogP contribution in [-0.2, 0) is 4.74 Å². The van der Waals surface area contributed by atoms with Crippen LogP contribution in [0.2, 0.25) is 0 Å². The molecule has 0 saturated carbocycles. The van der Waals surface area contributed by atoms with E-state index in [4.69, 9.17) is 4.74 Å². The van der Waals surface area contributed by atoms with E-state index >= 15 is 0 Å². The molecule has 0 radical (unpaired) electrons. The van der Waals surface area contributed by atoms with Crippen LogP contribution in [0, 0.1) is 6.92 Å². The average Bonchev–Trinajstić information content (AvgIpc) is 2.63. The summed E-state index contributed by atoms with van der Waals surface area (Å²) in [5.41, 5.74) is 2.97. The first kappa shape index (κ1) is 16.7. The molecule has 1 atom stereocenters. The maximum Gasteiger partial charge on any atom is 0.251 e.